The lowest BCUT2D eigenvalue weighted by Crippen LogP contribution is -2.56. The number of hydrogen-bond donors (Lipinski definition) is 0. The zero-order valence-corrected chi connectivity index (χ0v) is 16.0. The second-order valence-corrected chi connectivity index (χ2v) is 9.86. The molecule has 2 unspecified atom stereocenters. The fraction of sp³-hybridized carbons (Fsp3) is 0.778. The van der Waals surface area contributed by atoms with Crippen molar-refractivity contribution >= 4 is 10.0 Å². The Kier molecular flexibility index (Phi) is 5.09. The van der Waals surface area contributed by atoms with Crippen molar-refractivity contribution in [3.05, 3.63) is 24.0 Å². The number of ether oxygens (including phenoxy) is 1. The van der Waals surface area contributed by atoms with E-state index < -0.39 is 15.3 Å². The highest BCUT2D eigenvalue weighted by molar-refractivity contribution is 7.89. The van der Waals surface area contributed by atoms with Gasteiger partial charge < -0.3 is 9.22 Å². The van der Waals surface area contributed by atoms with Crippen LogP contribution in [-0.2, 0) is 14.8 Å². The summed E-state index contributed by atoms with van der Waals surface area (Å²) in [6.07, 6.45) is 10.1. The second-order valence-electron chi connectivity index (χ2n) is 7.76. The van der Waals surface area contributed by atoms with Gasteiger partial charge in [0, 0.05) is 38.8 Å². The van der Waals surface area contributed by atoms with Gasteiger partial charge in [-0.2, -0.15) is 0 Å². The van der Waals surface area contributed by atoms with Gasteiger partial charge in [0.1, 0.15) is 11.0 Å². The maximum absolute atomic E-state index is 13.1. The van der Waals surface area contributed by atoms with Crippen LogP contribution in [0.2, 0.25) is 0 Å². The molecule has 0 bridgehead atoms. The molecule has 2 fully saturated rings. The van der Waals surface area contributed by atoms with Gasteiger partial charge >= 0.3 is 0 Å². The van der Waals surface area contributed by atoms with E-state index in [-0.39, 0.29) is 5.92 Å². The summed E-state index contributed by atoms with van der Waals surface area (Å²) in [7, 11) is 0.674. The van der Waals surface area contributed by atoms with Crippen molar-refractivity contribution in [2.45, 2.75) is 43.9 Å². The monoisotopic (exact) mass is 355 g/mol. The van der Waals surface area contributed by atoms with Crippen molar-refractivity contribution in [3.63, 3.8) is 0 Å². The highest BCUT2D eigenvalue weighted by atomic mass is 32.2. The first-order chi connectivity index (χ1) is 11.4. The second kappa shape index (κ2) is 6.81. The largest absolute Gasteiger partial charge is 0.497 e. The molecule has 0 N–H and O–H groups in total. The zero-order valence-electron chi connectivity index (χ0n) is 15.1. The molecule has 0 aromatic rings. The molecule has 2 atom stereocenters. The van der Waals surface area contributed by atoms with Crippen molar-refractivity contribution in [1.82, 2.24) is 4.31 Å². The van der Waals surface area contributed by atoms with E-state index in [0.29, 0.717) is 19.1 Å². The van der Waals surface area contributed by atoms with Crippen molar-refractivity contribution < 1.29 is 17.6 Å². The highest BCUT2D eigenvalue weighted by Gasteiger charge is 2.42. The number of allylic oxidation sites excluding steroid dienone is 2. The fourth-order valence-corrected chi connectivity index (χ4v) is 6.56. The SMILES string of the molecule is COC1=CC(C)C(S(=O)(=O)N2CCC([N+]3(C)CCCC3)CC2)C=C1. The van der Waals surface area contributed by atoms with Crippen LogP contribution in [-0.4, -0.2) is 68.8 Å². The molecule has 0 spiro atoms. The van der Waals surface area contributed by atoms with Gasteiger partial charge in [-0.1, -0.05) is 13.0 Å². The molecule has 2 heterocycles. The minimum Gasteiger partial charge on any atom is -0.497 e. The third-order valence-corrected chi connectivity index (χ3v) is 8.59. The Morgan fingerprint density at radius 2 is 1.83 bits per heavy atom. The highest BCUT2D eigenvalue weighted by Crippen LogP contribution is 2.31. The summed E-state index contributed by atoms with van der Waals surface area (Å²) in [4.78, 5) is 0. The molecule has 0 aromatic heterocycles. The van der Waals surface area contributed by atoms with Gasteiger partial charge in [0.15, 0.2) is 0 Å². The predicted molar refractivity (Wildman–Crippen MR) is 95.9 cm³/mol. The predicted octanol–water partition coefficient (Wildman–Crippen LogP) is 2.13. The third kappa shape index (κ3) is 3.28. The lowest BCUT2D eigenvalue weighted by molar-refractivity contribution is -0.923. The zero-order chi connectivity index (χ0) is 17.4. The molecule has 1 aliphatic carbocycles. The molecule has 0 aromatic carbocycles. The van der Waals surface area contributed by atoms with Gasteiger partial charge in [0.05, 0.1) is 33.3 Å². The Hall–Kier alpha value is -0.850. The van der Waals surface area contributed by atoms with Gasteiger partial charge in [-0.15, -0.1) is 0 Å². The van der Waals surface area contributed by atoms with Crippen LogP contribution in [0.25, 0.3) is 0 Å². The number of quaternary nitrogens is 1. The normalized spacial score (nSPS) is 31.9. The number of likely N-dealkylation sites (tertiary alicyclic amines) is 1. The average molecular weight is 356 g/mol. The van der Waals surface area contributed by atoms with Gasteiger partial charge in [-0.25, -0.2) is 12.7 Å². The minimum absolute atomic E-state index is 0.0594. The molecular formula is C18H31N2O3S+. The van der Waals surface area contributed by atoms with Crippen LogP contribution >= 0.6 is 0 Å². The topological polar surface area (TPSA) is 46.6 Å². The van der Waals surface area contributed by atoms with Gasteiger partial charge in [-0.3, -0.25) is 0 Å². The molecule has 136 valence electrons. The number of nitrogens with zero attached hydrogens (tertiary/aromatic N) is 2. The Bertz CT molecular complexity index is 612. The summed E-state index contributed by atoms with van der Waals surface area (Å²) in [5.41, 5.74) is 0. The molecule has 3 rings (SSSR count). The molecule has 5 nitrogen and oxygen atoms in total. The number of hydrogen-bond acceptors (Lipinski definition) is 3. The Labute approximate surface area is 146 Å². The lowest BCUT2D eigenvalue weighted by atomic mass is 10.0. The van der Waals surface area contributed by atoms with Crippen LogP contribution < -0.4 is 0 Å². The molecular weight excluding hydrogens is 324 g/mol. The fourth-order valence-electron chi connectivity index (χ4n) is 4.60. The molecule has 0 amide bonds. The number of rotatable bonds is 4. The molecule has 2 aliphatic heterocycles. The van der Waals surface area contributed by atoms with E-state index >= 15 is 0 Å². The Balaban J connectivity index is 1.65. The summed E-state index contributed by atoms with van der Waals surface area (Å²) >= 11 is 0. The molecule has 0 saturated carbocycles. The van der Waals surface area contributed by atoms with Gasteiger partial charge in [0.25, 0.3) is 0 Å². The van der Waals surface area contributed by atoms with Gasteiger partial charge in [0.2, 0.25) is 10.0 Å². The van der Waals surface area contributed by atoms with Crippen molar-refractivity contribution in [2.24, 2.45) is 5.92 Å². The van der Waals surface area contributed by atoms with Crippen molar-refractivity contribution in [2.75, 3.05) is 40.3 Å². The summed E-state index contributed by atoms with van der Waals surface area (Å²) < 4.78 is 34.2. The Morgan fingerprint density at radius 1 is 1.21 bits per heavy atom. The molecule has 2 saturated heterocycles. The van der Waals surface area contributed by atoms with E-state index in [1.165, 1.54) is 25.9 Å². The Morgan fingerprint density at radius 3 is 2.38 bits per heavy atom. The minimum atomic E-state index is -3.29. The van der Waals surface area contributed by atoms with E-state index in [1.807, 2.05) is 13.0 Å². The van der Waals surface area contributed by atoms with E-state index in [9.17, 15) is 8.42 Å². The van der Waals surface area contributed by atoms with Crippen LogP contribution in [0.1, 0.15) is 32.6 Å². The summed E-state index contributed by atoms with van der Waals surface area (Å²) in [6.45, 7) is 5.79. The lowest BCUT2D eigenvalue weighted by Gasteiger charge is -2.43. The first kappa shape index (κ1) is 18.0. The van der Waals surface area contributed by atoms with E-state index in [4.69, 9.17) is 4.74 Å². The van der Waals surface area contributed by atoms with Crippen LogP contribution in [0.5, 0.6) is 0 Å². The molecule has 6 heteroatoms. The first-order valence-corrected chi connectivity index (χ1v) is 10.6. The van der Waals surface area contributed by atoms with Crippen LogP contribution in [0.4, 0.5) is 0 Å². The number of methoxy groups -OCH3 is 1. The quantitative estimate of drug-likeness (QED) is 0.726. The van der Waals surface area contributed by atoms with Gasteiger partial charge in [-0.05, 0) is 18.1 Å². The maximum Gasteiger partial charge on any atom is 0.221 e. The van der Waals surface area contributed by atoms with E-state index in [0.717, 1.165) is 23.1 Å². The number of piperidine rings is 1. The molecule has 0 radical (unpaired) electrons. The van der Waals surface area contributed by atoms with Crippen molar-refractivity contribution in [1.29, 1.82) is 0 Å². The maximum atomic E-state index is 13.1. The smallest absolute Gasteiger partial charge is 0.221 e. The summed E-state index contributed by atoms with van der Waals surface area (Å²) in [5, 5.41) is -0.468. The molecule has 24 heavy (non-hydrogen) atoms. The first-order valence-electron chi connectivity index (χ1n) is 9.14. The van der Waals surface area contributed by atoms with Crippen LogP contribution in [0.3, 0.4) is 0 Å². The third-order valence-electron chi connectivity index (χ3n) is 6.23. The average Bonchev–Trinajstić information content (AvgIpc) is 3.02. The molecule has 3 aliphatic rings. The van der Waals surface area contributed by atoms with Crippen LogP contribution in [0.15, 0.2) is 24.0 Å². The van der Waals surface area contributed by atoms with Crippen LogP contribution in [0, 0.1) is 5.92 Å². The van der Waals surface area contributed by atoms with Crippen molar-refractivity contribution in [3.8, 4) is 0 Å². The van der Waals surface area contributed by atoms with E-state index in [1.54, 1.807) is 23.6 Å². The standard InChI is InChI=1S/C18H31N2O3S/c1-15-14-17(23-3)6-7-18(15)24(21,22)19-10-8-16(9-11-19)20(2)12-4-5-13-20/h6-7,14-16,18H,4-5,8-13H2,1-3H3/q+1. The van der Waals surface area contributed by atoms with E-state index in [2.05, 4.69) is 7.05 Å². The summed E-state index contributed by atoms with van der Waals surface area (Å²) in [6, 6.07) is 0.623. The number of sulfonamides is 1. The summed E-state index contributed by atoms with van der Waals surface area (Å²) in [5.74, 6) is 0.690.